The lowest BCUT2D eigenvalue weighted by molar-refractivity contribution is 0.0572. The number of hydrogen-bond acceptors (Lipinski definition) is 4. The Bertz CT molecular complexity index is 112. The molecule has 0 aromatic carbocycles. The van der Waals surface area contributed by atoms with Crippen molar-refractivity contribution < 1.29 is 30.0 Å². The van der Waals surface area contributed by atoms with Crippen molar-refractivity contribution in [3.05, 3.63) is 0 Å². The molecule has 1 fully saturated rings. The van der Waals surface area contributed by atoms with Gasteiger partial charge in [-0.2, -0.15) is 0 Å². The van der Waals surface area contributed by atoms with Crippen LogP contribution >= 0.6 is 0 Å². The van der Waals surface area contributed by atoms with Crippen LogP contribution < -0.4 is 0 Å². The standard InChI is InChI=1S/C4H8O3.CH2O3/c5-3-1-7-2-4(3)6;2-1(3)4/h3-6H,1-2H2;(H2,2,3,4). The molecule has 0 spiro atoms. The molecule has 2 atom stereocenters. The molecule has 0 aromatic heterocycles. The number of aliphatic hydroxyl groups is 2. The zero-order valence-electron chi connectivity index (χ0n) is 5.67. The van der Waals surface area contributed by atoms with Crippen LogP contribution in [0.25, 0.3) is 0 Å². The third-order valence-electron chi connectivity index (χ3n) is 1.02. The Hall–Kier alpha value is -0.850. The highest BCUT2D eigenvalue weighted by Gasteiger charge is 2.22. The lowest BCUT2D eigenvalue weighted by atomic mass is 10.3. The Labute approximate surface area is 62.7 Å². The van der Waals surface area contributed by atoms with E-state index >= 15 is 0 Å². The molecule has 0 bridgehead atoms. The first-order valence-corrected chi connectivity index (χ1v) is 2.89. The zero-order chi connectivity index (χ0) is 8.85. The van der Waals surface area contributed by atoms with E-state index in [4.69, 9.17) is 25.2 Å². The summed E-state index contributed by atoms with van der Waals surface area (Å²) in [6.45, 7) is 0.558. The van der Waals surface area contributed by atoms with Gasteiger partial charge in [0.15, 0.2) is 0 Å². The molecule has 11 heavy (non-hydrogen) atoms. The SMILES string of the molecule is O=C(O)O.OC1COCC1O. The van der Waals surface area contributed by atoms with E-state index in [1.807, 2.05) is 0 Å². The van der Waals surface area contributed by atoms with E-state index in [1.165, 1.54) is 0 Å². The van der Waals surface area contributed by atoms with Crippen LogP contribution in [0.1, 0.15) is 0 Å². The molecule has 0 aliphatic carbocycles. The number of ether oxygens (including phenoxy) is 1. The van der Waals surface area contributed by atoms with Crippen LogP contribution in [0.15, 0.2) is 0 Å². The molecule has 66 valence electrons. The van der Waals surface area contributed by atoms with Gasteiger partial charge in [-0.15, -0.1) is 0 Å². The van der Waals surface area contributed by atoms with Crippen LogP contribution in [-0.2, 0) is 4.74 Å². The summed E-state index contributed by atoms with van der Waals surface area (Å²) in [5.41, 5.74) is 0. The summed E-state index contributed by atoms with van der Waals surface area (Å²) < 4.78 is 4.67. The van der Waals surface area contributed by atoms with Crippen molar-refractivity contribution in [2.24, 2.45) is 0 Å². The van der Waals surface area contributed by atoms with Gasteiger partial charge in [0.05, 0.1) is 13.2 Å². The molecular formula is C5H10O6. The second kappa shape index (κ2) is 4.89. The van der Waals surface area contributed by atoms with Gasteiger partial charge in [-0.25, -0.2) is 4.79 Å². The van der Waals surface area contributed by atoms with Gasteiger partial charge in [0.2, 0.25) is 0 Å². The molecule has 2 unspecified atom stereocenters. The monoisotopic (exact) mass is 166 g/mol. The van der Waals surface area contributed by atoms with Crippen molar-refractivity contribution >= 4 is 6.16 Å². The summed E-state index contributed by atoms with van der Waals surface area (Å²) in [6, 6.07) is 0. The molecule has 6 nitrogen and oxygen atoms in total. The maximum absolute atomic E-state index is 8.62. The third-order valence-corrected chi connectivity index (χ3v) is 1.02. The fourth-order valence-corrected chi connectivity index (χ4v) is 0.532. The summed E-state index contributed by atoms with van der Waals surface area (Å²) in [5.74, 6) is 0. The molecule has 1 saturated heterocycles. The van der Waals surface area contributed by atoms with E-state index < -0.39 is 18.4 Å². The number of aliphatic hydroxyl groups excluding tert-OH is 2. The van der Waals surface area contributed by atoms with Crippen LogP contribution in [0.4, 0.5) is 4.79 Å². The second-order valence-electron chi connectivity index (χ2n) is 1.95. The van der Waals surface area contributed by atoms with Crippen LogP contribution in [-0.4, -0.2) is 52.0 Å². The maximum Gasteiger partial charge on any atom is 0.503 e. The smallest absolute Gasteiger partial charge is 0.450 e. The van der Waals surface area contributed by atoms with Gasteiger partial charge < -0.3 is 25.2 Å². The van der Waals surface area contributed by atoms with Crippen molar-refractivity contribution in [2.45, 2.75) is 12.2 Å². The first-order chi connectivity index (χ1) is 5.04. The van der Waals surface area contributed by atoms with Gasteiger partial charge in [0.1, 0.15) is 12.2 Å². The van der Waals surface area contributed by atoms with Crippen LogP contribution in [0.5, 0.6) is 0 Å². The first kappa shape index (κ1) is 10.2. The molecule has 1 rings (SSSR count). The average Bonchev–Trinajstić information content (AvgIpc) is 2.15. The van der Waals surface area contributed by atoms with Crippen LogP contribution in [0.3, 0.4) is 0 Å². The van der Waals surface area contributed by atoms with Gasteiger partial charge in [-0.1, -0.05) is 0 Å². The van der Waals surface area contributed by atoms with Gasteiger partial charge in [0.25, 0.3) is 0 Å². The zero-order valence-corrected chi connectivity index (χ0v) is 5.67. The van der Waals surface area contributed by atoms with Gasteiger partial charge in [-0.3, -0.25) is 0 Å². The Morgan fingerprint density at radius 2 is 1.45 bits per heavy atom. The molecule has 0 amide bonds. The van der Waals surface area contributed by atoms with Gasteiger partial charge in [0, 0.05) is 0 Å². The Balaban J connectivity index is 0.000000218. The Kier molecular flexibility index (Phi) is 4.51. The fraction of sp³-hybridized carbons (Fsp3) is 0.800. The second-order valence-corrected chi connectivity index (χ2v) is 1.95. The van der Waals surface area contributed by atoms with Gasteiger partial charge in [-0.05, 0) is 0 Å². The highest BCUT2D eigenvalue weighted by Crippen LogP contribution is 2.02. The largest absolute Gasteiger partial charge is 0.503 e. The number of rotatable bonds is 0. The molecule has 0 saturated carbocycles. The Morgan fingerprint density at radius 1 is 1.18 bits per heavy atom. The third kappa shape index (κ3) is 5.59. The summed E-state index contributed by atoms with van der Waals surface area (Å²) in [4.78, 5) is 8.56. The van der Waals surface area contributed by atoms with Gasteiger partial charge >= 0.3 is 6.16 Å². The topological polar surface area (TPSA) is 107 Å². The number of carbonyl (C=O) groups is 1. The summed E-state index contributed by atoms with van der Waals surface area (Å²) >= 11 is 0. The predicted octanol–water partition coefficient (Wildman–Crippen LogP) is -1.04. The molecule has 1 aliphatic heterocycles. The maximum atomic E-state index is 8.62. The molecule has 0 radical (unpaired) electrons. The molecular weight excluding hydrogens is 156 g/mol. The van der Waals surface area contributed by atoms with Crippen molar-refractivity contribution in [1.29, 1.82) is 0 Å². The molecule has 6 heteroatoms. The minimum absolute atomic E-state index is 0.279. The normalized spacial score (nSPS) is 28.9. The quantitative estimate of drug-likeness (QED) is 0.366. The van der Waals surface area contributed by atoms with Crippen LogP contribution in [0.2, 0.25) is 0 Å². The minimum atomic E-state index is -1.83. The minimum Gasteiger partial charge on any atom is -0.450 e. The number of carboxylic acid groups (broad SMARTS) is 2. The van der Waals surface area contributed by atoms with E-state index in [2.05, 4.69) is 4.74 Å². The van der Waals surface area contributed by atoms with E-state index in [0.29, 0.717) is 0 Å². The summed E-state index contributed by atoms with van der Waals surface area (Å²) in [5, 5.41) is 31.2. The highest BCUT2D eigenvalue weighted by atomic mass is 16.6. The molecule has 1 heterocycles. The van der Waals surface area contributed by atoms with Crippen molar-refractivity contribution in [2.75, 3.05) is 13.2 Å². The van der Waals surface area contributed by atoms with E-state index in [1.54, 1.807) is 0 Å². The van der Waals surface area contributed by atoms with E-state index in [-0.39, 0.29) is 13.2 Å². The lowest BCUT2D eigenvalue weighted by Crippen LogP contribution is -2.22. The molecule has 0 aromatic rings. The fourth-order valence-electron chi connectivity index (χ4n) is 0.532. The summed E-state index contributed by atoms with van der Waals surface area (Å²) in [7, 11) is 0. The van der Waals surface area contributed by atoms with Crippen LogP contribution in [0, 0.1) is 0 Å². The van der Waals surface area contributed by atoms with Crippen molar-refractivity contribution in [3.63, 3.8) is 0 Å². The lowest BCUT2D eigenvalue weighted by Gasteiger charge is -2.00. The van der Waals surface area contributed by atoms with Crippen molar-refractivity contribution in [1.82, 2.24) is 0 Å². The summed E-state index contributed by atoms with van der Waals surface area (Å²) in [6.07, 6.45) is -3.14. The molecule has 1 aliphatic rings. The van der Waals surface area contributed by atoms with Crippen molar-refractivity contribution in [3.8, 4) is 0 Å². The predicted molar refractivity (Wildman–Crippen MR) is 33.5 cm³/mol. The molecule has 4 N–H and O–H groups in total. The average molecular weight is 166 g/mol. The first-order valence-electron chi connectivity index (χ1n) is 2.89. The Morgan fingerprint density at radius 3 is 1.55 bits per heavy atom. The highest BCUT2D eigenvalue weighted by molar-refractivity contribution is 5.53. The number of hydrogen-bond donors (Lipinski definition) is 4. The van der Waals surface area contributed by atoms with E-state index in [0.717, 1.165) is 0 Å². The van der Waals surface area contributed by atoms with E-state index in [9.17, 15) is 0 Å².